The third-order valence-corrected chi connectivity index (χ3v) is 3.37. The SMILES string of the molecule is CCCCCCCCCC(CC)CC.Cl.Cl. The fourth-order valence-electron chi connectivity index (χ4n) is 2.09. The van der Waals surface area contributed by atoms with E-state index in [4.69, 9.17) is 0 Å². The predicted octanol–water partition coefficient (Wildman–Crippen LogP) is 6.41. The Kier molecular flexibility index (Phi) is 24.5. The molecule has 0 aliphatic carbocycles. The molecule has 0 amide bonds. The van der Waals surface area contributed by atoms with Crippen LogP contribution in [0.3, 0.4) is 0 Å². The van der Waals surface area contributed by atoms with Crippen molar-refractivity contribution in [1.82, 2.24) is 0 Å². The molecule has 102 valence electrons. The quantitative estimate of drug-likeness (QED) is 0.403. The molecule has 0 unspecified atom stereocenters. The lowest BCUT2D eigenvalue weighted by Gasteiger charge is -2.11. The molecule has 0 rings (SSSR count). The third kappa shape index (κ3) is 14.6. The van der Waals surface area contributed by atoms with E-state index >= 15 is 0 Å². The maximum atomic E-state index is 2.33. The fourth-order valence-corrected chi connectivity index (χ4v) is 2.09. The molecule has 0 aromatic heterocycles. The Morgan fingerprint density at radius 3 is 1.50 bits per heavy atom. The van der Waals surface area contributed by atoms with Crippen molar-refractivity contribution in [2.75, 3.05) is 0 Å². The molecule has 0 radical (unpaired) electrons. The average molecular weight is 271 g/mol. The van der Waals surface area contributed by atoms with Crippen LogP contribution in [-0.2, 0) is 0 Å². The molecule has 16 heavy (non-hydrogen) atoms. The first-order valence-electron chi connectivity index (χ1n) is 6.85. The van der Waals surface area contributed by atoms with Crippen LogP contribution < -0.4 is 0 Å². The predicted molar refractivity (Wildman–Crippen MR) is 81.2 cm³/mol. The van der Waals surface area contributed by atoms with Gasteiger partial charge in [-0.3, -0.25) is 0 Å². The molecule has 0 aliphatic heterocycles. The van der Waals surface area contributed by atoms with Gasteiger partial charge in [0.15, 0.2) is 0 Å². The van der Waals surface area contributed by atoms with Gasteiger partial charge in [0, 0.05) is 0 Å². The molecule has 0 atom stereocenters. The normalized spacial score (nSPS) is 9.75. The number of halogens is 2. The van der Waals surface area contributed by atoms with E-state index in [9.17, 15) is 0 Å². The highest BCUT2D eigenvalue weighted by molar-refractivity contribution is 5.85. The summed E-state index contributed by atoms with van der Waals surface area (Å²) in [6.07, 6.45) is 14.4. The van der Waals surface area contributed by atoms with Crippen LogP contribution in [0.2, 0.25) is 0 Å². The van der Waals surface area contributed by atoms with Crippen molar-refractivity contribution >= 4 is 24.8 Å². The summed E-state index contributed by atoms with van der Waals surface area (Å²) < 4.78 is 0. The van der Waals surface area contributed by atoms with Crippen molar-refractivity contribution in [3.8, 4) is 0 Å². The summed E-state index contributed by atoms with van der Waals surface area (Å²) in [6, 6.07) is 0. The molecular formula is C14H32Cl2. The number of unbranched alkanes of at least 4 members (excludes halogenated alkanes) is 6. The van der Waals surface area contributed by atoms with E-state index in [-0.39, 0.29) is 24.8 Å². The van der Waals surface area contributed by atoms with Gasteiger partial charge in [-0.05, 0) is 5.92 Å². The van der Waals surface area contributed by atoms with Crippen molar-refractivity contribution in [2.24, 2.45) is 5.92 Å². The molecule has 0 bridgehead atoms. The Balaban J connectivity index is -0.000000845. The van der Waals surface area contributed by atoms with E-state index in [0.29, 0.717) is 0 Å². The van der Waals surface area contributed by atoms with Gasteiger partial charge in [-0.25, -0.2) is 0 Å². The van der Waals surface area contributed by atoms with Crippen molar-refractivity contribution in [3.05, 3.63) is 0 Å². The van der Waals surface area contributed by atoms with Crippen molar-refractivity contribution in [1.29, 1.82) is 0 Å². The molecule has 0 spiro atoms. The average Bonchev–Trinajstić information content (AvgIpc) is 2.22. The molecule has 0 N–H and O–H groups in total. The molecular weight excluding hydrogens is 239 g/mol. The zero-order chi connectivity index (χ0) is 10.6. The Bertz CT molecular complexity index is 101. The van der Waals surface area contributed by atoms with E-state index in [1.165, 1.54) is 64.2 Å². The van der Waals surface area contributed by atoms with E-state index in [0.717, 1.165) is 5.92 Å². The zero-order valence-corrected chi connectivity index (χ0v) is 13.1. The Hall–Kier alpha value is 0.580. The van der Waals surface area contributed by atoms with Crippen LogP contribution in [0.4, 0.5) is 0 Å². The number of rotatable bonds is 10. The molecule has 0 aliphatic rings. The van der Waals surface area contributed by atoms with Gasteiger partial charge in [0.25, 0.3) is 0 Å². The lowest BCUT2D eigenvalue weighted by molar-refractivity contribution is 0.426. The van der Waals surface area contributed by atoms with Crippen LogP contribution in [0.15, 0.2) is 0 Å². The standard InChI is InChI=1S/C14H30.2ClH/c1-4-7-8-9-10-11-12-13-14(5-2)6-3;;/h14H,4-13H2,1-3H3;2*1H. The Morgan fingerprint density at radius 1 is 0.625 bits per heavy atom. The van der Waals surface area contributed by atoms with Crippen LogP contribution in [0.1, 0.15) is 85.0 Å². The maximum absolute atomic E-state index is 2.33. The van der Waals surface area contributed by atoms with Crippen LogP contribution in [0, 0.1) is 5.92 Å². The first kappa shape index (κ1) is 21.8. The van der Waals surface area contributed by atoms with Gasteiger partial charge in [-0.15, -0.1) is 24.8 Å². The highest BCUT2D eigenvalue weighted by Crippen LogP contribution is 2.17. The molecule has 2 heteroatoms. The van der Waals surface area contributed by atoms with Gasteiger partial charge in [-0.2, -0.15) is 0 Å². The minimum absolute atomic E-state index is 0. The van der Waals surface area contributed by atoms with Gasteiger partial charge < -0.3 is 0 Å². The Labute approximate surface area is 116 Å². The zero-order valence-electron chi connectivity index (χ0n) is 11.5. The van der Waals surface area contributed by atoms with E-state index < -0.39 is 0 Å². The summed E-state index contributed by atoms with van der Waals surface area (Å²) in [4.78, 5) is 0. The lowest BCUT2D eigenvalue weighted by atomic mass is 9.96. The largest absolute Gasteiger partial charge is 0.147 e. The number of hydrogen-bond donors (Lipinski definition) is 0. The molecule has 0 saturated heterocycles. The van der Waals surface area contributed by atoms with Crippen molar-refractivity contribution < 1.29 is 0 Å². The monoisotopic (exact) mass is 270 g/mol. The second-order valence-corrected chi connectivity index (χ2v) is 4.59. The highest BCUT2D eigenvalue weighted by Gasteiger charge is 2.01. The molecule has 0 heterocycles. The smallest absolute Gasteiger partial charge is 0.0420 e. The second kappa shape index (κ2) is 18.0. The molecule has 0 fully saturated rings. The van der Waals surface area contributed by atoms with Gasteiger partial charge >= 0.3 is 0 Å². The lowest BCUT2D eigenvalue weighted by Crippen LogP contribution is -1.96. The first-order valence-corrected chi connectivity index (χ1v) is 6.85. The third-order valence-electron chi connectivity index (χ3n) is 3.37. The topological polar surface area (TPSA) is 0 Å². The van der Waals surface area contributed by atoms with Gasteiger partial charge in [0.05, 0.1) is 0 Å². The summed E-state index contributed by atoms with van der Waals surface area (Å²) in [7, 11) is 0. The van der Waals surface area contributed by atoms with Crippen molar-refractivity contribution in [3.63, 3.8) is 0 Å². The van der Waals surface area contributed by atoms with Crippen LogP contribution in [-0.4, -0.2) is 0 Å². The summed E-state index contributed by atoms with van der Waals surface area (Å²) in [5.74, 6) is 1.01. The molecule has 0 nitrogen and oxygen atoms in total. The van der Waals surface area contributed by atoms with Crippen LogP contribution in [0.5, 0.6) is 0 Å². The molecule has 0 aromatic carbocycles. The summed E-state index contributed by atoms with van der Waals surface area (Å²) in [5, 5.41) is 0. The van der Waals surface area contributed by atoms with E-state index in [1.807, 2.05) is 0 Å². The summed E-state index contributed by atoms with van der Waals surface area (Å²) in [6.45, 7) is 6.94. The van der Waals surface area contributed by atoms with Crippen molar-refractivity contribution in [2.45, 2.75) is 85.0 Å². The Morgan fingerprint density at radius 2 is 1.06 bits per heavy atom. The minimum Gasteiger partial charge on any atom is -0.147 e. The van der Waals surface area contributed by atoms with E-state index in [2.05, 4.69) is 20.8 Å². The fraction of sp³-hybridized carbons (Fsp3) is 1.00. The van der Waals surface area contributed by atoms with Crippen LogP contribution >= 0.6 is 24.8 Å². The highest BCUT2D eigenvalue weighted by atomic mass is 35.5. The molecule has 0 saturated carbocycles. The van der Waals surface area contributed by atoms with Gasteiger partial charge in [0.1, 0.15) is 0 Å². The minimum atomic E-state index is 0. The number of hydrogen-bond acceptors (Lipinski definition) is 0. The summed E-state index contributed by atoms with van der Waals surface area (Å²) >= 11 is 0. The van der Waals surface area contributed by atoms with Gasteiger partial charge in [-0.1, -0.05) is 85.0 Å². The second-order valence-electron chi connectivity index (χ2n) is 4.59. The maximum Gasteiger partial charge on any atom is -0.0420 e. The first-order chi connectivity index (χ1) is 6.85. The van der Waals surface area contributed by atoms with E-state index in [1.54, 1.807) is 0 Å². The molecule has 0 aromatic rings. The van der Waals surface area contributed by atoms with Crippen LogP contribution in [0.25, 0.3) is 0 Å². The summed E-state index contributed by atoms with van der Waals surface area (Å²) in [5.41, 5.74) is 0. The van der Waals surface area contributed by atoms with Gasteiger partial charge in [0.2, 0.25) is 0 Å².